The molecule has 2 aromatic rings. The fourth-order valence-corrected chi connectivity index (χ4v) is 3.79. The Morgan fingerprint density at radius 1 is 1.29 bits per heavy atom. The number of rotatable bonds is 4. The van der Waals surface area contributed by atoms with Gasteiger partial charge in [-0.15, -0.1) is 0 Å². The Morgan fingerprint density at radius 2 is 2.00 bits per heavy atom. The number of nitrogens with zero attached hydrogens (tertiary/aromatic N) is 4. The highest BCUT2D eigenvalue weighted by Crippen LogP contribution is 2.32. The van der Waals surface area contributed by atoms with Gasteiger partial charge in [0.1, 0.15) is 11.6 Å². The second-order valence-electron chi connectivity index (χ2n) is 7.43. The van der Waals surface area contributed by atoms with Crippen LogP contribution in [-0.4, -0.2) is 53.5 Å². The molecule has 6 nitrogen and oxygen atoms in total. The van der Waals surface area contributed by atoms with Gasteiger partial charge >= 0.3 is 11.8 Å². The summed E-state index contributed by atoms with van der Waals surface area (Å²) in [5.41, 5.74) is 1.76. The highest BCUT2D eigenvalue weighted by Gasteiger charge is 2.31. The van der Waals surface area contributed by atoms with Crippen LogP contribution in [-0.2, 0) is 9.59 Å². The van der Waals surface area contributed by atoms with Crippen molar-refractivity contribution in [1.82, 2.24) is 14.8 Å². The average molecular weight is 443 g/mol. The van der Waals surface area contributed by atoms with E-state index in [0.717, 1.165) is 21.4 Å². The molecule has 0 saturated carbocycles. The van der Waals surface area contributed by atoms with Crippen LogP contribution in [0.25, 0.3) is 10.9 Å². The maximum atomic E-state index is 13.8. The number of piperidine rings is 1. The number of allylic oxidation sites excluding steroid dienone is 3. The number of halogens is 2. The number of amides is 2. The summed E-state index contributed by atoms with van der Waals surface area (Å²) >= 11 is 5.81. The molecule has 0 bridgehead atoms. The van der Waals surface area contributed by atoms with Crippen LogP contribution < -0.4 is 0 Å². The van der Waals surface area contributed by atoms with E-state index in [2.05, 4.69) is 16.7 Å². The maximum absolute atomic E-state index is 13.8. The van der Waals surface area contributed by atoms with Crippen LogP contribution in [0.1, 0.15) is 31.2 Å². The van der Waals surface area contributed by atoms with E-state index in [1.807, 2.05) is 6.07 Å². The summed E-state index contributed by atoms with van der Waals surface area (Å²) in [5, 5.41) is 1.30. The predicted molar refractivity (Wildman–Crippen MR) is 120 cm³/mol. The molecule has 0 spiro atoms. The van der Waals surface area contributed by atoms with Crippen molar-refractivity contribution >= 4 is 41.0 Å². The molecule has 1 aliphatic heterocycles. The topological polar surface area (TPSA) is 65.9 Å². The van der Waals surface area contributed by atoms with Crippen LogP contribution >= 0.6 is 11.6 Å². The molecule has 31 heavy (non-hydrogen) atoms. The van der Waals surface area contributed by atoms with E-state index in [1.165, 1.54) is 25.3 Å². The van der Waals surface area contributed by atoms with E-state index in [4.69, 9.17) is 11.6 Å². The molecule has 0 unspecified atom stereocenters. The number of hydrogen-bond acceptors (Lipinski definition) is 4. The van der Waals surface area contributed by atoms with Crippen LogP contribution in [0.15, 0.2) is 58.5 Å². The number of fused-ring (bicyclic) bond motifs is 1. The molecule has 2 amide bonds. The third-order valence-corrected chi connectivity index (χ3v) is 5.54. The predicted octanol–water partition coefficient (Wildman–Crippen LogP) is 4.22. The molecule has 162 valence electrons. The monoisotopic (exact) mass is 442 g/mol. The molecule has 0 atom stereocenters. The van der Waals surface area contributed by atoms with E-state index in [1.54, 1.807) is 30.2 Å². The molecule has 8 heteroatoms. The highest BCUT2D eigenvalue weighted by molar-refractivity contribution is 6.35. The lowest BCUT2D eigenvalue weighted by atomic mass is 9.87. The third-order valence-electron chi connectivity index (χ3n) is 5.41. The normalized spacial score (nSPS) is 15.8. The van der Waals surface area contributed by atoms with Crippen molar-refractivity contribution in [3.05, 3.63) is 64.8 Å². The second kappa shape index (κ2) is 9.83. The first kappa shape index (κ1) is 22.6. The van der Waals surface area contributed by atoms with Gasteiger partial charge in [0.25, 0.3) is 0 Å². The zero-order valence-electron chi connectivity index (χ0n) is 17.5. The number of hydrogen-bond donors (Lipinski definition) is 0. The van der Waals surface area contributed by atoms with Crippen LogP contribution in [0.5, 0.6) is 0 Å². The number of pyridine rings is 1. The van der Waals surface area contributed by atoms with Gasteiger partial charge in [-0.1, -0.05) is 11.6 Å². The summed E-state index contributed by atoms with van der Waals surface area (Å²) in [5.74, 6) is -1.19. The first-order valence-corrected chi connectivity index (χ1v) is 10.3. The summed E-state index contributed by atoms with van der Waals surface area (Å²) in [7, 11) is 1.47. The minimum atomic E-state index is -0.686. The number of likely N-dealkylation sites (N-methyl/N-ethyl adjacent to an activating group) is 1. The van der Waals surface area contributed by atoms with Crippen molar-refractivity contribution in [2.75, 3.05) is 20.1 Å². The number of carbonyl (C=O) groups excluding carboxylic acids is 2. The van der Waals surface area contributed by atoms with E-state index >= 15 is 0 Å². The minimum Gasteiger partial charge on any atom is -0.334 e. The van der Waals surface area contributed by atoms with Crippen molar-refractivity contribution in [1.29, 1.82) is 0 Å². The SMILES string of the molecule is C=N/C(=C\C=C(/C)Cl)N(C)C(=O)C(=O)N1CCC(c2ccnc3ccc(F)cc23)CC1. The Labute approximate surface area is 185 Å². The average Bonchev–Trinajstić information content (AvgIpc) is 2.77. The zero-order valence-corrected chi connectivity index (χ0v) is 18.3. The Kier molecular flexibility index (Phi) is 7.17. The Bertz CT molecular complexity index is 1070. The van der Waals surface area contributed by atoms with Crippen LogP contribution in [0, 0.1) is 5.82 Å². The maximum Gasteiger partial charge on any atom is 0.317 e. The Morgan fingerprint density at radius 3 is 2.65 bits per heavy atom. The van der Waals surface area contributed by atoms with E-state index in [9.17, 15) is 14.0 Å². The van der Waals surface area contributed by atoms with Crippen LogP contribution in [0.2, 0.25) is 0 Å². The number of aromatic nitrogens is 1. The summed E-state index contributed by atoms with van der Waals surface area (Å²) in [6, 6.07) is 6.47. The van der Waals surface area contributed by atoms with Gasteiger partial charge in [0.15, 0.2) is 0 Å². The summed E-state index contributed by atoms with van der Waals surface area (Å²) < 4.78 is 13.8. The molecule has 2 heterocycles. The Balaban J connectivity index is 1.69. The van der Waals surface area contributed by atoms with E-state index in [-0.39, 0.29) is 17.6 Å². The minimum absolute atomic E-state index is 0.159. The molecule has 0 radical (unpaired) electrons. The van der Waals surface area contributed by atoms with E-state index < -0.39 is 11.8 Å². The first-order chi connectivity index (χ1) is 14.8. The quantitative estimate of drug-likeness (QED) is 0.404. The van der Waals surface area contributed by atoms with Gasteiger partial charge in [-0.25, -0.2) is 9.38 Å². The zero-order chi connectivity index (χ0) is 22.5. The van der Waals surface area contributed by atoms with Crippen molar-refractivity contribution in [2.45, 2.75) is 25.7 Å². The lowest BCUT2D eigenvalue weighted by molar-refractivity contribution is -0.150. The van der Waals surface area contributed by atoms with Crippen molar-refractivity contribution in [3.8, 4) is 0 Å². The summed E-state index contributed by atoms with van der Waals surface area (Å²) in [6.07, 6.45) is 6.18. The fraction of sp³-hybridized carbons (Fsp3) is 0.304. The molecule has 3 rings (SSSR count). The standard InChI is InChI=1S/C23H24ClFN4O2/c1-15(24)4-7-21(26-2)28(3)22(30)23(31)29-12-9-16(10-13-29)18-8-11-27-20-6-5-17(25)14-19(18)20/h4-8,11,14,16H,2,9-10,12-13H2,1,3H3/b15-4+,21-7+. The molecule has 0 N–H and O–H groups in total. The van der Waals surface area contributed by atoms with Gasteiger partial charge in [-0.2, -0.15) is 0 Å². The molecular formula is C23H24ClFN4O2. The van der Waals surface area contributed by atoms with Crippen molar-refractivity contribution < 1.29 is 14.0 Å². The van der Waals surface area contributed by atoms with Crippen LogP contribution in [0.3, 0.4) is 0 Å². The summed E-state index contributed by atoms with van der Waals surface area (Å²) in [4.78, 5) is 36.2. The van der Waals surface area contributed by atoms with Crippen LogP contribution in [0.4, 0.5) is 4.39 Å². The molecule has 1 saturated heterocycles. The van der Waals surface area contributed by atoms with Crippen molar-refractivity contribution in [2.24, 2.45) is 4.99 Å². The number of carbonyl (C=O) groups is 2. The van der Waals surface area contributed by atoms with Gasteiger partial charge in [-0.3, -0.25) is 19.5 Å². The second-order valence-corrected chi connectivity index (χ2v) is 8.02. The lowest BCUT2D eigenvalue weighted by Crippen LogP contribution is -2.46. The van der Waals surface area contributed by atoms with Gasteiger partial charge in [0.05, 0.1) is 5.52 Å². The van der Waals surface area contributed by atoms with Crippen molar-refractivity contribution in [3.63, 3.8) is 0 Å². The third kappa shape index (κ3) is 5.17. The van der Waals surface area contributed by atoms with Gasteiger partial charge in [0.2, 0.25) is 0 Å². The first-order valence-electron chi connectivity index (χ1n) is 9.93. The van der Waals surface area contributed by atoms with Gasteiger partial charge in [0, 0.05) is 36.8 Å². The smallest absolute Gasteiger partial charge is 0.317 e. The molecule has 1 aliphatic rings. The lowest BCUT2D eigenvalue weighted by Gasteiger charge is -2.33. The van der Waals surface area contributed by atoms with Gasteiger partial charge in [-0.05, 0) is 74.4 Å². The van der Waals surface area contributed by atoms with Gasteiger partial charge < -0.3 is 4.90 Å². The molecule has 1 fully saturated rings. The number of likely N-dealkylation sites (tertiary alicyclic amines) is 1. The number of benzene rings is 1. The van der Waals surface area contributed by atoms with E-state index in [0.29, 0.717) is 31.0 Å². The molecule has 0 aliphatic carbocycles. The molecule has 1 aromatic carbocycles. The molecule has 1 aromatic heterocycles. The largest absolute Gasteiger partial charge is 0.334 e. The fourth-order valence-electron chi connectivity index (χ4n) is 3.73. The highest BCUT2D eigenvalue weighted by atomic mass is 35.5. The summed E-state index contributed by atoms with van der Waals surface area (Å²) in [6.45, 7) is 6.01. The molecular weight excluding hydrogens is 419 g/mol. The number of aliphatic imine (C=N–C) groups is 1. The Hall–Kier alpha value is -3.06.